The van der Waals surface area contributed by atoms with Crippen molar-refractivity contribution in [1.82, 2.24) is 14.7 Å². The molecule has 2 aromatic rings. The smallest absolute Gasteiger partial charge is 0.322 e. The molecule has 2 rings (SSSR count). The summed E-state index contributed by atoms with van der Waals surface area (Å²) in [6.45, 7) is 10.6. The van der Waals surface area contributed by atoms with Gasteiger partial charge in [-0.15, -0.1) is 0 Å². The number of aliphatic hydroxyl groups is 1. The zero-order valence-electron chi connectivity index (χ0n) is 15.7. The van der Waals surface area contributed by atoms with Crippen molar-refractivity contribution < 1.29 is 9.90 Å². The lowest BCUT2D eigenvalue weighted by molar-refractivity contribution is 0.0469. The highest BCUT2D eigenvalue weighted by atomic mass is 16.3. The van der Waals surface area contributed by atoms with Crippen molar-refractivity contribution in [3.63, 3.8) is 0 Å². The van der Waals surface area contributed by atoms with Gasteiger partial charge in [-0.25, -0.2) is 4.79 Å². The van der Waals surface area contributed by atoms with Crippen LogP contribution in [0.15, 0.2) is 30.3 Å². The molecular weight excluding hydrogens is 316 g/mol. The molecule has 0 fully saturated rings. The van der Waals surface area contributed by atoms with Crippen molar-refractivity contribution >= 4 is 11.7 Å². The van der Waals surface area contributed by atoms with E-state index in [0.717, 1.165) is 29.2 Å². The zero-order chi connectivity index (χ0) is 18.6. The Kier molecular flexibility index (Phi) is 5.85. The summed E-state index contributed by atoms with van der Waals surface area (Å²) >= 11 is 0. The van der Waals surface area contributed by atoms with Crippen molar-refractivity contribution in [2.45, 2.75) is 53.3 Å². The Bertz CT molecular complexity index is 717. The number of aromatic nitrogens is 2. The normalized spacial score (nSPS) is 11.4. The summed E-state index contributed by atoms with van der Waals surface area (Å²) in [5.74, 6) is 0. The van der Waals surface area contributed by atoms with Crippen LogP contribution in [0.25, 0.3) is 0 Å². The van der Waals surface area contributed by atoms with Crippen LogP contribution in [0.2, 0.25) is 0 Å². The Labute approximate surface area is 149 Å². The van der Waals surface area contributed by atoms with Crippen LogP contribution >= 0.6 is 0 Å². The first-order valence-electron chi connectivity index (χ1n) is 8.57. The van der Waals surface area contributed by atoms with Crippen molar-refractivity contribution in [2.75, 3.05) is 11.9 Å². The molecule has 6 nitrogen and oxygen atoms in total. The van der Waals surface area contributed by atoms with E-state index in [1.807, 2.05) is 55.8 Å². The Morgan fingerprint density at radius 3 is 2.44 bits per heavy atom. The number of nitrogens with one attached hydrogen (secondary N) is 1. The minimum absolute atomic E-state index is 0.230. The SMILES string of the molecule is CCn1nc(C)c(NC(=O)N(Cc2ccccc2)CC(C)(C)O)c1C. The lowest BCUT2D eigenvalue weighted by atomic mass is 10.1. The molecule has 0 saturated carbocycles. The molecule has 0 saturated heterocycles. The van der Waals surface area contributed by atoms with E-state index in [1.165, 1.54) is 0 Å². The van der Waals surface area contributed by atoms with Gasteiger partial charge in [0, 0.05) is 13.1 Å². The van der Waals surface area contributed by atoms with E-state index in [-0.39, 0.29) is 12.6 Å². The largest absolute Gasteiger partial charge is 0.389 e. The fraction of sp³-hybridized carbons (Fsp3) is 0.474. The average molecular weight is 344 g/mol. The molecule has 136 valence electrons. The van der Waals surface area contributed by atoms with Crippen LogP contribution in [0.3, 0.4) is 0 Å². The van der Waals surface area contributed by atoms with E-state index < -0.39 is 5.60 Å². The fourth-order valence-electron chi connectivity index (χ4n) is 2.84. The number of benzene rings is 1. The van der Waals surface area contributed by atoms with E-state index in [0.29, 0.717) is 6.54 Å². The lowest BCUT2D eigenvalue weighted by Gasteiger charge is -2.29. The molecule has 0 aliphatic heterocycles. The third-order valence-electron chi connectivity index (χ3n) is 3.99. The van der Waals surface area contributed by atoms with Gasteiger partial charge in [-0.05, 0) is 40.2 Å². The Balaban J connectivity index is 2.21. The molecule has 2 N–H and O–H groups in total. The van der Waals surface area contributed by atoms with E-state index in [1.54, 1.807) is 18.7 Å². The van der Waals surface area contributed by atoms with Gasteiger partial charge in [-0.3, -0.25) is 4.68 Å². The van der Waals surface area contributed by atoms with Gasteiger partial charge in [-0.2, -0.15) is 5.10 Å². The van der Waals surface area contributed by atoms with Crippen molar-refractivity contribution in [3.05, 3.63) is 47.3 Å². The summed E-state index contributed by atoms with van der Waals surface area (Å²) in [6.07, 6.45) is 0. The number of aryl methyl sites for hydroxylation is 2. The van der Waals surface area contributed by atoms with Crippen LogP contribution in [-0.4, -0.2) is 38.0 Å². The van der Waals surface area contributed by atoms with Gasteiger partial charge in [0.25, 0.3) is 0 Å². The highest BCUT2D eigenvalue weighted by molar-refractivity contribution is 5.90. The number of rotatable bonds is 6. The fourth-order valence-corrected chi connectivity index (χ4v) is 2.84. The quantitative estimate of drug-likeness (QED) is 0.844. The molecule has 6 heteroatoms. The van der Waals surface area contributed by atoms with Gasteiger partial charge in [-0.1, -0.05) is 30.3 Å². The number of nitrogens with zero attached hydrogens (tertiary/aromatic N) is 3. The van der Waals surface area contributed by atoms with Crippen LogP contribution in [0.4, 0.5) is 10.5 Å². The maximum Gasteiger partial charge on any atom is 0.322 e. The summed E-state index contributed by atoms with van der Waals surface area (Å²) in [6, 6.07) is 9.51. The Hall–Kier alpha value is -2.34. The van der Waals surface area contributed by atoms with E-state index >= 15 is 0 Å². The number of carbonyl (C=O) groups excluding carboxylic acids is 1. The predicted octanol–water partition coefficient (Wildman–Crippen LogP) is 3.32. The summed E-state index contributed by atoms with van der Waals surface area (Å²) in [7, 11) is 0. The molecule has 0 aliphatic rings. The molecule has 0 atom stereocenters. The average Bonchev–Trinajstić information content (AvgIpc) is 2.81. The molecule has 1 aromatic carbocycles. The monoisotopic (exact) mass is 344 g/mol. The molecule has 0 spiro atoms. The molecule has 1 heterocycles. The number of amides is 2. The predicted molar refractivity (Wildman–Crippen MR) is 99.5 cm³/mol. The standard InChI is InChI=1S/C19H28N4O2/c1-6-23-15(3)17(14(2)21-23)20-18(24)22(13-19(4,5)25)12-16-10-8-7-9-11-16/h7-11,25H,6,12-13H2,1-5H3,(H,20,24). The van der Waals surface area contributed by atoms with Crippen LogP contribution in [-0.2, 0) is 13.1 Å². The van der Waals surface area contributed by atoms with Crippen molar-refractivity contribution in [3.8, 4) is 0 Å². The minimum atomic E-state index is -0.982. The highest BCUT2D eigenvalue weighted by Gasteiger charge is 2.24. The van der Waals surface area contributed by atoms with E-state index in [9.17, 15) is 9.90 Å². The summed E-state index contributed by atoms with van der Waals surface area (Å²) in [5.41, 5.74) is 2.48. The first-order valence-corrected chi connectivity index (χ1v) is 8.57. The topological polar surface area (TPSA) is 70.4 Å². The molecule has 25 heavy (non-hydrogen) atoms. The Morgan fingerprint density at radius 1 is 1.28 bits per heavy atom. The van der Waals surface area contributed by atoms with E-state index in [2.05, 4.69) is 10.4 Å². The van der Waals surface area contributed by atoms with E-state index in [4.69, 9.17) is 0 Å². The third-order valence-corrected chi connectivity index (χ3v) is 3.99. The van der Waals surface area contributed by atoms with Crippen molar-refractivity contribution in [1.29, 1.82) is 0 Å². The molecule has 0 radical (unpaired) electrons. The molecule has 2 amide bonds. The van der Waals surface area contributed by atoms with Crippen LogP contribution in [0, 0.1) is 13.8 Å². The summed E-state index contributed by atoms with van der Waals surface area (Å²) in [4.78, 5) is 14.5. The van der Waals surface area contributed by atoms with Gasteiger partial charge in [0.05, 0.1) is 29.2 Å². The van der Waals surface area contributed by atoms with Crippen LogP contribution < -0.4 is 5.32 Å². The number of urea groups is 1. The summed E-state index contributed by atoms with van der Waals surface area (Å²) in [5, 5.41) is 17.6. The molecule has 1 aromatic heterocycles. The molecule has 0 unspecified atom stereocenters. The third kappa shape index (κ3) is 5.06. The highest BCUT2D eigenvalue weighted by Crippen LogP contribution is 2.21. The first-order chi connectivity index (χ1) is 11.7. The van der Waals surface area contributed by atoms with Gasteiger partial charge in [0.2, 0.25) is 0 Å². The maximum absolute atomic E-state index is 12.9. The second kappa shape index (κ2) is 7.70. The van der Waals surface area contributed by atoms with Crippen molar-refractivity contribution in [2.24, 2.45) is 0 Å². The number of hydrogen-bond acceptors (Lipinski definition) is 3. The minimum Gasteiger partial charge on any atom is -0.389 e. The lowest BCUT2D eigenvalue weighted by Crippen LogP contribution is -2.43. The Morgan fingerprint density at radius 2 is 1.92 bits per heavy atom. The molecule has 0 bridgehead atoms. The number of anilines is 1. The first kappa shape index (κ1) is 19.0. The second-order valence-electron chi connectivity index (χ2n) is 6.95. The number of hydrogen-bond donors (Lipinski definition) is 2. The number of carbonyl (C=O) groups is 1. The van der Waals surface area contributed by atoms with Crippen LogP contribution in [0.1, 0.15) is 37.7 Å². The van der Waals surface area contributed by atoms with Crippen LogP contribution in [0.5, 0.6) is 0 Å². The second-order valence-corrected chi connectivity index (χ2v) is 6.95. The van der Waals surface area contributed by atoms with Gasteiger partial charge in [0.15, 0.2) is 0 Å². The molecule has 0 aliphatic carbocycles. The molecular formula is C19H28N4O2. The zero-order valence-corrected chi connectivity index (χ0v) is 15.7. The summed E-state index contributed by atoms with van der Waals surface area (Å²) < 4.78 is 1.86. The maximum atomic E-state index is 12.9. The van der Waals surface area contributed by atoms with Gasteiger partial charge >= 0.3 is 6.03 Å². The van der Waals surface area contributed by atoms with Gasteiger partial charge in [0.1, 0.15) is 0 Å². The van der Waals surface area contributed by atoms with Gasteiger partial charge < -0.3 is 15.3 Å².